The van der Waals surface area contributed by atoms with Gasteiger partial charge >= 0.3 is 5.97 Å². The van der Waals surface area contributed by atoms with Gasteiger partial charge < -0.3 is 14.9 Å². The van der Waals surface area contributed by atoms with Gasteiger partial charge in [0.05, 0.1) is 22.7 Å². The third-order valence-electron chi connectivity index (χ3n) is 6.35. The summed E-state index contributed by atoms with van der Waals surface area (Å²) in [5.74, 6) is -1.87. The van der Waals surface area contributed by atoms with E-state index in [1.54, 1.807) is 42.5 Å². The van der Waals surface area contributed by atoms with Crippen LogP contribution in [0.15, 0.2) is 65.1 Å². The van der Waals surface area contributed by atoms with Crippen molar-refractivity contribution in [2.45, 2.75) is 31.8 Å². The van der Waals surface area contributed by atoms with Gasteiger partial charge in [-0.25, -0.2) is 0 Å². The van der Waals surface area contributed by atoms with Crippen molar-refractivity contribution < 1.29 is 24.4 Å². The third-order valence-corrected chi connectivity index (χ3v) is 7.33. The highest BCUT2D eigenvalue weighted by Crippen LogP contribution is 2.38. The summed E-state index contributed by atoms with van der Waals surface area (Å²) in [4.78, 5) is 53.4. The van der Waals surface area contributed by atoms with Crippen LogP contribution in [0.2, 0.25) is 10.0 Å². The second kappa shape index (κ2) is 12.1. The monoisotopic (exact) mass is 633 g/mol. The van der Waals surface area contributed by atoms with Crippen LogP contribution in [0.25, 0.3) is 0 Å². The molecule has 9 nitrogen and oxygen atoms in total. The Kier molecular flexibility index (Phi) is 8.89. The van der Waals surface area contributed by atoms with E-state index in [9.17, 15) is 24.5 Å². The number of nitro groups is 1. The number of rotatable bonds is 9. The first kappa shape index (κ1) is 28.5. The van der Waals surface area contributed by atoms with Gasteiger partial charge in [0.15, 0.2) is 0 Å². The van der Waals surface area contributed by atoms with E-state index in [1.165, 1.54) is 28.0 Å². The predicted octanol–water partition coefficient (Wildman–Crippen LogP) is 6.65. The van der Waals surface area contributed by atoms with E-state index < -0.39 is 28.7 Å². The Morgan fingerprint density at radius 3 is 2.36 bits per heavy atom. The minimum atomic E-state index is -1.14. The van der Waals surface area contributed by atoms with E-state index in [4.69, 9.17) is 28.3 Å². The van der Waals surface area contributed by atoms with Crippen LogP contribution in [0.4, 0.5) is 11.4 Å². The van der Waals surface area contributed by atoms with E-state index in [2.05, 4.69) is 15.9 Å². The molecular formula is C27H22BrCl2N3O6. The maximum atomic E-state index is 14.2. The second-order valence-corrected chi connectivity index (χ2v) is 10.7. The van der Waals surface area contributed by atoms with Crippen LogP contribution in [0.3, 0.4) is 0 Å². The zero-order chi connectivity index (χ0) is 28.3. The Morgan fingerprint density at radius 1 is 1.00 bits per heavy atom. The maximum absolute atomic E-state index is 14.2. The van der Waals surface area contributed by atoms with Crippen LogP contribution in [-0.2, 0) is 16.1 Å². The van der Waals surface area contributed by atoms with Crippen molar-refractivity contribution in [1.82, 2.24) is 4.90 Å². The Bertz CT molecular complexity index is 1450. The number of halogens is 3. The number of aliphatic carboxylic acids is 1. The average Bonchev–Trinajstić information content (AvgIpc) is 2.96. The lowest BCUT2D eigenvalue weighted by Crippen LogP contribution is -2.42. The van der Waals surface area contributed by atoms with E-state index in [0.29, 0.717) is 33.6 Å². The Balaban J connectivity index is 1.86. The zero-order valence-electron chi connectivity index (χ0n) is 20.4. The first-order chi connectivity index (χ1) is 18.6. The number of unbranched alkanes of at least 4 members (excludes halogenated alkanes) is 1. The van der Waals surface area contributed by atoms with Crippen molar-refractivity contribution in [2.75, 3.05) is 11.4 Å². The standard InChI is InChI=1S/C27H22BrCl2N3O6/c28-18-7-11-22-21(13-18)26(36)32(15-17-6-10-20(30)14-23(17)33(38)39)25(16-4-8-19(29)9-5-16)27(37)31(22)12-2-1-3-24(34)35/h4-11,13-14,25H,1-3,12,15H2,(H,34,35). The molecule has 4 rings (SSSR count). The molecule has 0 radical (unpaired) electrons. The number of fused-ring (bicyclic) bond motifs is 1. The number of carbonyl (C=O) groups is 3. The zero-order valence-corrected chi connectivity index (χ0v) is 23.4. The SMILES string of the molecule is O=C(O)CCCCN1C(=O)C(c2ccc(Cl)cc2)N(Cc2ccc(Cl)cc2[N+](=O)[O-])C(=O)c2cc(Br)ccc21. The smallest absolute Gasteiger partial charge is 0.303 e. The molecule has 1 aliphatic rings. The topological polar surface area (TPSA) is 121 Å². The number of benzene rings is 3. The summed E-state index contributed by atoms with van der Waals surface area (Å²) in [6, 6.07) is 14.5. The fourth-order valence-electron chi connectivity index (χ4n) is 4.52. The molecule has 3 aromatic carbocycles. The minimum absolute atomic E-state index is 0.0544. The molecule has 202 valence electrons. The van der Waals surface area contributed by atoms with Crippen LogP contribution in [0.1, 0.15) is 46.8 Å². The fraction of sp³-hybridized carbons (Fsp3) is 0.222. The predicted molar refractivity (Wildman–Crippen MR) is 150 cm³/mol. The molecule has 2 amide bonds. The molecule has 3 aromatic rings. The highest BCUT2D eigenvalue weighted by Gasteiger charge is 2.41. The van der Waals surface area contributed by atoms with Gasteiger partial charge in [0.2, 0.25) is 0 Å². The number of carboxylic acid groups (broad SMARTS) is 1. The quantitative estimate of drug-likeness (QED) is 0.160. The van der Waals surface area contributed by atoms with Gasteiger partial charge in [-0.3, -0.25) is 24.5 Å². The highest BCUT2D eigenvalue weighted by molar-refractivity contribution is 9.10. The summed E-state index contributed by atoms with van der Waals surface area (Å²) in [6.07, 6.45) is 0.671. The van der Waals surface area contributed by atoms with E-state index >= 15 is 0 Å². The molecule has 1 N–H and O–H groups in total. The van der Waals surface area contributed by atoms with Gasteiger partial charge in [-0.05, 0) is 60.9 Å². The molecule has 0 bridgehead atoms. The molecule has 1 unspecified atom stereocenters. The molecule has 1 heterocycles. The normalized spacial score (nSPS) is 15.2. The molecule has 0 saturated heterocycles. The number of hydrogen-bond acceptors (Lipinski definition) is 5. The number of anilines is 1. The van der Waals surface area contributed by atoms with Crippen molar-refractivity contribution in [1.29, 1.82) is 0 Å². The summed E-state index contributed by atoms with van der Waals surface area (Å²) < 4.78 is 0.607. The van der Waals surface area contributed by atoms with Crippen LogP contribution < -0.4 is 4.90 Å². The number of nitrogens with zero attached hydrogens (tertiary/aromatic N) is 3. The van der Waals surface area contributed by atoms with Gasteiger partial charge in [-0.1, -0.05) is 51.3 Å². The minimum Gasteiger partial charge on any atom is -0.481 e. The summed E-state index contributed by atoms with van der Waals surface area (Å²) in [6.45, 7) is -0.0722. The summed E-state index contributed by atoms with van der Waals surface area (Å²) in [5.41, 5.74) is 0.995. The molecule has 1 atom stereocenters. The van der Waals surface area contributed by atoms with E-state index in [1.807, 2.05) is 0 Å². The van der Waals surface area contributed by atoms with Gasteiger partial charge in [-0.15, -0.1) is 0 Å². The van der Waals surface area contributed by atoms with Crippen molar-refractivity contribution >= 4 is 68.3 Å². The number of hydrogen-bond donors (Lipinski definition) is 1. The number of nitro benzene ring substituents is 1. The van der Waals surface area contributed by atoms with Crippen molar-refractivity contribution in [2.24, 2.45) is 0 Å². The summed E-state index contributed by atoms with van der Waals surface area (Å²) >= 11 is 15.5. The van der Waals surface area contributed by atoms with Gasteiger partial charge in [0.1, 0.15) is 6.04 Å². The molecular weight excluding hydrogens is 613 g/mol. The first-order valence-electron chi connectivity index (χ1n) is 11.9. The Labute approximate surface area is 242 Å². The number of amides is 2. The Morgan fingerprint density at radius 2 is 1.69 bits per heavy atom. The lowest BCUT2D eigenvalue weighted by atomic mass is 10.0. The van der Waals surface area contributed by atoms with Crippen LogP contribution in [0.5, 0.6) is 0 Å². The lowest BCUT2D eigenvalue weighted by Gasteiger charge is -2.31. The first-order valence-corrected chi connectivity index (χ1v) is 13.4. The molecule has 0 aliphatic carbocycles. The molecule has 0 spiro atoms. The number of carboxylic acids is 1. The van der Waals surface area contributed by atoms with Crippen molar-refractivity contribution in [3.63, 3.8) is 0 Å². The molecule has 0 fully saturated rings. The molecule has 1 aliphatic heterocycles. The van der Waals surface area contributed by atoms with E-state index in [0.717, 1.165) is 0 Å². The fourth-order valence-corrected chi connectivity index (χ4v) is 5.17. The highest BCUT2D eigenvalue weighted by atomic mass is 79.9. The molecule has 0 saturated carbocycles. The lowest BCUT2D eigenvalue weighted by molar-refractivity contribution is -0.385. The third kappa shape index (κ3) is 6.41. The molecule has 39 heavy (non-hydrogen) atoms. The van der Waals surface area contributed by atoms with E-state index in [-0.39, 0.29) is 41.3 Å². The number of carbonyl (C=O) groups excluding carboxylic acids is 2. The van der Waals surface area contributed by atoms with Gasteiger partial charge in [-0.2, -0.15) is 0 Å². The average molecular weight is 635 g/mol. The Hall–Kier alpha value is -3.47. The second-order valence-electron chi connectivity index (χ2n) is 8.92. The van der Waals surface area contributed by atoms with Crippen LogP contribution in [0, 0.1) is 10.1 Å². The van der Waals surface area contributed by atoms with Gasteiger partial charge in [0.25, 0.3) is 17.5 Å². The van der Waals surface area contributed by atoms with Crippen LogP contribution in [-0.4, -0.2) is 39.3 Å². The van der Waals surface area contributed by atoms with Crippen molar-refractivity contribution in [3.05, 3.63) is 102 Å². The summed E-state index contributed by atoms with van der Waals surface area (Å²) in [5, 5.41) is 21.4. The van der Waals surface area contributed by atoms with Gasteiger partial charge in [0, 0.05) is 39.1 Å². The summed E-state index contributed by atoms with van der Waals surface area (Å²) in [7, 11) is 0. The molecule has 12 heteroatoms. The molecule has 0 aromatic heterocycles. The van der Waals surface area contributed by atoms with Crippen molar-refractivity contribution in [3.8, 4) is 0 Å². The largest absolute Gasteiger partial charge is 0.481 e. The maximum Gasteiger partial charge on any atom is 0.303 e. The van der Waals surface area contributed by atoms with Crippen LogP contribution >= 0.6 is 39.1 Å².